The molecule has 1 fully saturated rings. The van der Waals surface area contributed by atoms with Crippen molar-refractivity contribution in [3.05, 3.63) is 35.0 Å². The molecule has 0 bridgehead atoms. The van der Waals surface area contributed by atoms with Crippen molar-refractivity contribution in [2.45, 2.75) is 36.6 Å². The van der Waals surface area contributed by atoms with Gasteiger partial charge in [0, 0.05) is 23.8 Å². The summed E-state index contributed by atoms with van der Waals surface area (Å²) in [6.45, 7) is 1.45. The van der Waals surface area contributed by atoms with Crippen LogP contribution in [0.5, 0.6) is 5.75 Å². The van der Waals surface area contributed by atoms with Crippen LogP contribution in [0.15, 0.2) is 18.2 Å². The Kier molecular flexibility index (Phi) is 3.49. The van der Waals surface area contributed by atoms with Crippen LogP contribution < -0.4 is 5.73 Å². The number of nitrogens with zero attached hydrogens (tertiary/aromatic N) is 1. The molecule has 1 saturated carbocycles. The average molecular weight is 413 g/mol. The Bertz CT molecular complexity index is 1150. The lowest BCUT2D eigenvalue weighted by molar-refractivity contribution is -0.180. The molecule has 0 aliphatic heterocycles. The number of Topliss-reactive ketones (excluding diaryl/α,β-unsaturated/α-hetero) is 2. The molecule has 3 aliphatic rings. The number of rotatable bonds is 1. The fourth-order valence-electron chi connectivity index (χ4n) is 5.53. The van der Waals surface area contributed by atoms with E-state index in [1.807, 2.05) is 0 Å². The van der Waals surface area contributed by atoms with Crippen LogP contribution in [0.25, 0.3) is 11.3 Å². The first kappa shape index (κ1) is 18.9. The molecule has 6 atom stereocenters. The van der Waals surface area contributed by atoms with Crippen LogP contribution in [0.3, 0.4) is 0 Å². The number of phenols is 1. The molecule has 1 amide bonds. The molecule has 1 aromatic carbocycles. The highest BCUT2D eigenvalue weighted by Gasteiger charge is 2.67. The minimum Gasteiger partial charge on any atom is -0.507 e. The van der Waals surface area contributed by atoms with Gasteiger partial charge in [0.15, 0.2) is 23.1 Å². The van der Waals surface area contributed by atoms with E-state index in [2.05, 4.69) is 10.2 Å². The van der Waals surface area contributed by atoms with Gasteiger partial charge in [-0.15, -0.1) is 0 Å². The number of aromatic hydroxyl groups is 1. The monoisotopic (exact) mass is 413 g/mol. The molecule has 3 aliphatic carbocycles. The Morgan fingerprint density at radius 2 is 2.00 bits per heavy atom. The summed E-state index contributed by atoms with van der Waals surface area (Å²) >= 11 is 0. The number of aromatic nitrogens is 2. The minimum atomic E-state index is -2.43. The molecule has 30 heavy (non-hydrogen) atoms. The number of aliphatic hydroxyl groups excluding tert-OH is 1. The zero-order valence-electron chi connectivity index (χ0n) is 15.8. The molecule has 0 saturated heterocycles. The Hall–Kier alpha value is -3.08. The van der Waals surface area contributed by atoms with Crippen molar-refractivity contribution in [2.24, 2.45) is 17.6 Å². The van der Waals surface area contributed by atoms with Gasteiger partial charge in [-0.1, -0.05) is 12.1 Å². The average Bonchev–Trinajstić information content (AvgIpc) is 3.08. The summed E-state index contributed by atoms with van der Waals surface area (Å²) in [5, 5.41) is 51.3. The number of aliphatic hydroxyl groups is 3. The zero-order chi connectivity index (χ0) is 21.7. The Balaban J connectivity index is 1.83. The maximum Gasteiger partial charge on any atom is 0.235 e. The highest BCUT2D eigenvalue weighted by Crippen LogP contribution is 2.61. The SMILES string of the molecule is C[C@@]1(O)c2cccc(O)c2-c2n[nH]c3c2[C@@H]1[C@H](O)[C@H]1CC(=O)C(C(N)=O)C(=O)[C@@]31O. The van der Waals surface area contributed by atoms with Crippen molar-refractivity contribution in [2.75, 3.05) is 0 Å². The third-order valence-corrected chi connectivity index (χ3v) is 6.88. The molecule has 0 radical (unpaired) electrons. The van der Waals surface area contributed by atoms with Gasteiger partial charge in [0.1, 0.15) is 11.4 Å². The normalized spacial score (nSPS) is 36.7. The summed E-state index contributed by atoms with van der Waals surface area (Å²) < 4.78 is 0. The van der Waals surface area contributed by atoms with Crippen molar-refractivity contribution in [3.8, 4) is 17.0 Å². The number of fused-ring (bicyclic) bond motifs is 4. The summed E-state index contributed by atoms with van der Waals surface area (Å²) in [5.74, 6) is -7.50. The highest BCUT2D eigenvalue weighted by molar-refractivity contribution is 6.22. The molecule has 10 nitrogen and oxygen atoms in total. The third kappa shape index (κ3) is 1.93. The van der Waals surface area contributed by atoms with E-state index in [4.69, 9.17) is 5.73 Å². The minimum absolute atomic E-state index is 0.115. The van der Waals surface area contributed by atoms with Crippen LogP contribution in [0.4, 0.5) is 0 Å². The smallest absolute Gasteiger partial charge is 0.235 e. The van der Waals surface area contributed by atoms with Gasteiger partial charge in [-0.2, -0.15) is 5.10 Å². The number of phenolic OH excluding ortho intramolecular Hbond substituents is 1. The number of hydrogen-bond donors (Lipinski definition) is 6. The van der Waals surface area contributed by atoms with Crippen molar-refractivity contribution in [1.29, 1.82) is 0 Å². The molecule has 156 valence electrons. The third-order valence-electron chi connectivity index (χ3n) is 6.88. The Morgan fingerprint density at radius 1 is 1.30 bits per heavy atom. The van der Waals surface area contributed by atoms with Gasteiger partial charge >= 0.3 is 0 Å². The van der Waals surface area contributed by atoms with Crippen LogP contribution >= 0.6 is 0 Å². The number of nitrogens with one attached hydrogen (secondary N) is 1. The lowest BCUT2D eigenvalue weighted by atomic mass is 9.54. The van der Waals surface area contributed by atoms with Gasteiger partial charge < -0.3 is 26.2 Å². The first-order valence-electron chi connectivity index (χ1n) is 9.43. The van der Waals surface area contributed by atoms with E-state index in [0.29, 0.717) is 5.56 Å². The van der Waals surface area contributed by atoms with Crippen molar-refractivity contribution in [3.63, 3.8) is 0 Å². The number of hydrogen-bond acceptors (Lipinski definition) is 8. The number of primary amides is 1. The number of carbonyl (C=O) groups is 3. The first-order chi connectivity index (χ1) is 14.0. The lowest BCUT2D eigenvalue weighted by Crippen LogP contribution is -2.64. The summed E-state index contributed by atoms with van der Waals surface area (Å²) in [4.78, 5) is 37.3. The summed E-state index contributed by atoms with van der Waals surface area (Å²) in [6.07, 6.45) is -2.00. The van der Waals surface area contributed by atoms with E-state index in [1.165, 1.54) is 19.1 Å². The van der Waals surface area contributed by atoms with E-state index in [1.54, 1.807) is 6.07 Å². The molecule has 1 heterocycles. The lowest BCUT2D eigenvalue weighted by Gasteiger charge is -2.52. The summed E-state index contributed by atoms with van der Waals surface area (Å²) in [5.41, 5.74) is 1.81. The largest absolute Gasteiger partial charge is 0.507 e. The number of H-pyrrole nitrogens is 1. The molecule has 1 aromatic heterocycles. The molecule has 10 heteroatoms. The molecule has 0 spiro atoms. The van der Waals surface area contributed by atoms with Crippen molar-refractivity contribution >= 4 is 17.5 Å². The van der Waals surface area contributed by atoms with E-state index >= 15 is 0 Å². The number of benzene rings is 1. The Labute approximate surface area is 169 Å². The predicted octanol–water partition coefficient (Wildman–Crippen LogP) is -1.09. The van der Waals surface area contributed by atoms with Crippen LogP contribution in [0.1, 0.15) is 36.1 Å². The zero-order valence-corrected chi connectivity index (χ0v) is 15.8. The fourth-order valence-corrected chi connectivity index (χ4v) is 5.53. The van der Waals surface area contributed by atoms with E-state index < -0.39 is 59.0 Å². The second-order valence-electron chi connectivity index (χ2n) is 8.42. The quantitative estimate of drug-likeness (QED) is 0.318. The maximum atomic E-state index is 13.1. The number of carbonyl (C=O) groups excluding carboxylic acids is 3. The highest BCUT2D eigenvalue weighted by atomic mass is 16.3. The number of amides is 1. The molecule has 7 N–H and O–H groups in total. The van der Waals surface area contributed by atoms with Gasteiger partial charge in [0.05, 0.1) is 23.0 Å². The summed E-state index contributed by atoms with van der Waals surface area (Å²) in [6, 6.07) is 4.53. The van der Waals surface area contributed by atoms with Crippen LogP contribution in [-0.4, -0.2) is 54.2 Å². The van der Waals surface area contributed by atoms with Gasteiger partial charge in [-0.3, -0.25) is 19.5 Å². The predicted molar refractivity (Wildman–Crippen MR) is 98.7 cm³/mol. The van der Waals surface area contributed by atoms with Crippen LogP contribution in [0.2, 0.25) is 0 Å². The molecule has 1 unspecified atom stereocenters. The van der Waals surface area contributed by atoms with Gasteiger partial charge in [0.25, 0.3) is 0 Å². The second kappa shape index (κ2) is 5.54. The van der Waals surface area contributed by atoms with E-state index in [0.717, 1.165) is 0 Å². The fraction of sp³-hybridized carbons (Fsp3) is 0.400. The van der Waals surface area contributed by atoms with Crippen molar-refractivity contribution < 1.29 is 34.8 Å². The van der Waals surface area contributed by atoms with Gasteiger partial charge in [-0.25, -0.2) is 0 Å². The number of ketones is 2. The van der Waals surface area contributed by atoms with Crippen LogP contribution in [-0.2, 0) is 25.6 Å². The molecular formula is C20H19N3O7. The van der Waals surface area contributed by atoms with Crippen molar-refractivity contribution in [1.82, 2.24) is 10.2 Å². The van der Waals surface area contributed by atoms with Gasteiger partial charge in [0.2, 0.25) is 5.91 Å². The number of nitrogens with two attached hydrogens (primary N) is 1. The maximum absolute atomic E-state index is 13.1. The molecule has 2 aromatic rings. The molecular weight excluding hydrogens is 394 g/mol. The second-order valence-corrected chi connectivity index (χ2v) is 8.42. The molecule has 5 rings (SSSR count). The van der Waals surface area contributed by atoms with E-state index in [9.17, 15) is 34.8 Å². The summed E-state index contributed by atoms with van der Waals surface area (Å²) in [7, 11) is 0. The topological polar surface area (TPSA) is 187 Å². The number of aromatic amines is 1. The van der Waals surface area contributed by atoms with E-state index in [-0.39, 0.29) is 28.3 Å². The first-order valence-corrected chi connectivity index (χ1v) is 9.43. The van der Waals surface area contributed by atoms with Gasteiger partial charge in [-0.05, 0) is 18.6 Å². The Morgan fingerprint density at radius 3 is 2.67 bits per heavy atom. The van der Waals surface area contributed by atoms with Crippen LogP contribution in [0, 0.1) is 11.8 Å². The standard InChI is InChI=1S/C20H19N3O7/c1-19(29)6-3-2-4-8(24)10(6)14-12-13(19)15(26)7-5-9(25)11(18(21)28)17(27)20(7,30)16(12)23-22-14/h2-4,7,11,13,15,24,26,29-30H,5H2,1H3,(H2,21,28)(H,22,23)/t7-,11?,13-,15-,19-,20+/m1/s1.